The summed E-state index contributed by atoms with van der Waals surface area (Å²) in [4.78, 5) is 23.8. The third kappa shape index (κ3) is 4.36. The fraction of sp³-hybridized carbons (Fsp3) is 0.500. The predicted octanol–water partition coefficient (Wildman–Crippen LogP) is 4.45. The van der Waals surface area contributed by atoms with Gasteiger partial charge in [0.2, 0.25) is 0 Å². The van der Waals surface area contributed by atoms with Gasteiger partial charge in [0, 0.05) is 50.3 Å². The fourth-order valence-electron chi connectivity index (χ4n) is 3.80. The first kappa shape index (κ1) is 19.3. The van der Waals surface area contributed by atoms with Gasteiger partial charge in [-0.25, -0.2) is 9.78 Å². The summed E-state index contributed by atoms with van der Waals surface area (Å²) in [6.07, 6.45) is 3.35. The minimum atomic E-state index is -0.0674. The van der Waals surface area contributed by atoms with Crippen LogP contribution >= 0.6 is 22.9 Å². The molecule has 2 fully saturated rings. The maximum absolute atomic E-state index is 12.7. The highest BCUT2D eigenvalue weighted by Gasteiger charge is 2.21. The van der Waals surface area contributed by atoms with Crippen LogP contribution in [0.1, 0.15) is 25.0 Å². The third-order valence-corrected chi connectivity index (χ3v) is 6.63. The predicted molar refractivity (Wildman–Crippen MR) is 117 cm³/mol. The minimum Gasteiger partial charge on any atom is -0.370 e. The van der Waals surface area contributed by atoms with E-state index in [0.29, 0.717) is 11.6 Å². The molecule has 28 heavy (non-hydrogen) atoms. The van der Waals surface area contributed by atoms with Crippen LogP contribution in [0.5, 0.6) is 0 Å². The van der Waals surface area contributed by atoms with Gasteiger partial charge in [0.15, 0.2) is 5.13 Å². The highest BCUT2D eigenvalue weighted by Crippen LogP contribution is 2.31. The zero-order valence-corrected chi connectivity index (χ0v) is 17.7. The second kappa shape index (κ2) is 8.57. The van der Waals surface area contributed by atoms with E-state index >= 15 is 0 Å². The summed E-state index contributed by atoms with van der Waals surface area (Å²) in [5, 5.41) is 6.82. The van der Waals surface area contributed by atoms with Crippen molar-refractivity contribution in [2.45, 2.75) is 26.2 Å². The van der Waals surface area contributed by atoms with Crippen LogP contribution in [-0.4, -0.2) is 55.2 Å². The van der Waals surface area contributed by atoms with E-state index in [9.17, 15) is 4.79 Å². The number of nitrogens with one attached hydrogen (secondary N) is 1. The maximum Gasteiger partial charge on any atom is 0.321 e. The second-order valence-corrected chi connectivity index (χ2v) is 8.63. The van der Waals surface area contributed by atoms with E-state index in [2.05, 4.69) is 25.5 Å². The van der Waals surface area contributed by atoms with Gasteiger partial charge in [-0.15, -0.1) is 11.3 Å². The van der Waals surface area contributed by atoms with E-state index in [0.717, 1.165) is 61.3 Å². The minimum absolute atomic E-state index is 0.0674. The van der Waals surface area contributed by atoms with Gasteiger partial charge >= 0.3 is 6.03 Å². The van der Waals surface area contributed by atoms with Crippen LogP contribution in [0.4, 0.5) is 21.3 Å². The molecule has 4 rings (SSSR count). The first-order chi connectivity index (χ1) is 13.6. The van der Waals surface area contributed by atoms with Crippen LogP contribution in [0.3, 0.4) is 0 Å². The number of hydrogen-bond acceptors (Lipinski definition) is 5. The molecule has 0 aliphatic carbocycles. The van der Waals surface area contributed by atoms with E-state index < -0.39 is 0 Å². The molecule has 0 atom stereocenters. The van der Waals surface area contributed by atoms with E-state index in [-0.39, 0.29) is 6.03 Å². The Labute approximate surface area is 175 Å². The smallest absolute Gasteiger partial charge is 0.321 e. The van der Waals surface area contributed by atoms with Crippen molar-refractivity contribution in [3.8, 4) is 0 Å². The molecule has 3 heterocycles. The Hall–Kier alpha value is -1.99. The highest BCUT2D eigenvalue weighted by molar-refractivity contribution is 7.13. The normalized spacial score (nSPS) is 17.7. The molecule has 2 amide bonds. The van der Waals surface area contributed by atoms with Crippen molar-refractivity contribution in [3.63, 3.8) is 0 Å². The van der Waals surface area contributed by atoms with Gasteiger partial charge in [0.25, 0.3) is 0 Å². The van der Waals surface area contributed by atoms with Crippen LogP contribution in [0.2, 0.25) is 5.02 Å². The number of rotatable bonds is 3. The summed E-state index contributed by atoms with van der Waals surface area (Å²) < 4.78 is 0. The van der Waals surface area contributed by atoms with Gasteiger partial charge in [-0.2, -0.15) is 0 Å². The number of anilines is 3. The fourth-order valence-corrected chi connectivity index (χ4v) is 4.96. The molecule has 2 aromatic rings. The van der Waals surface area contributed by atoms with Crippen LogP contribution < -0.4 is 15.1 Å². The van der Waals surface area contributed by atoms with Crippen molar-refractivity contribution in [1.29, 1.82) is 0 Å². The second-order valence-electron chi connectivity index (χ2n) is 7.39. The average molecular weight is 420 g/mol. The van der Waals surface area contributed by atoms with Crippen LogP contribution in [0.25, 0.3) is 0 Å². The largest absolute Gasteiger partial charge is 0.370 e. The van der Waals surface area contributed by atoms with Gasteiger partial charge in [-0.1, -0.05) is 11.6 Å². The monoisotopic (exact) mass is 419 g/mol. The van der Waals surface area contributed by atoms with Crippen molar-refractivity contribution in [2.75, 3.05) is 54.4 Å². The summed E-state index contributed by atoms with van der Waals surface area (Å²) in [5.74, 6) is 0. The number of hydrogen-bond donors (Lipinski definition) is 1. The number of carbonyl (C=O) groups excluding carboxylic acids is 1. The summed E-state index contributed by atoms with van der Waals surface area (Å²) in [7, 11) is 0. The molecule has 2 saturated heterocycles. The molecule has 2 aliphatic heterocycles. The molecule has 0 unspecified atom stereocenters. The molecule has 1 aromatic carbocycles. The van der Waals surface area contributed by atoms with Crippen LogP contribution in [0, 0.1) is 6.92 Å². The van der Waals surface area contributed by atoms with Crippen molar-refractivity contribution in [2.24, 2.45) is 0 Å². The molecule has 0 radical (unpaired) electrons. The lowest BCUT2D eigenvalue weighted by atomic mass is 10.2. The Morgan fingerprint density at radius 3 is 2.57 bits per heavy atom. The van der Waals surface area contributed by atoms with Crippen molar-refractivity contribution in [3.05, 3.63) is 34.3 Å². The number of aryl methyl sites for hydroxylation is 1. The molecule has 8 heteroatoms. The number of nitrogens with zero attached hydrogens (tertiary/aromatic N) is 4. The van der Waals surface area contributed by atoms with Gasteiger partial charge < -0.3 is 20.0 Å². The number of aromatic nitrogens is 1. The maximum atomic E-state index is 12.7. The van der Waals surface area contributed by atoms with Crippen LogP contribution in [0.15, 0.2) is 23.6 Å². The molecule has 6 nitrogen and oxygen atoms in total. The lowest BCUT2D eigenvalue weighted by Crippen LogP contribution is -2.38. The van der Waals surface area contributed by atoms with Gasteiger partial charge in [0.05, 0.1) is 16.4 Å². The zero-order chi connectivity index (χ0) is 19.5. The van der Waals surface area contributed by atoms with Crippen LogP contribution in [-0.2, 0) is 0 Å². The van der Waals surface area contributed by atoms with Crippen molar-refractivity contribution < 1.29 is 4.79 Å². The number of benzene rings is 1. The Balaban J connectivity index is 1.36. The van der Waals surface area contributed by atoms with Gasteiger partial charge in [-0.05, 0) is 44.4 Å². The van der Waals surface area contributed by atoms with E-state index in [4.69, 9.17) is 11.6 Å². The summed E-state index contributed by atoms with van der Waals surface area (Å²) in [6.45, 7) is 7.26. The molecule has 0 bridgehead atoms. The van der Waals surface area contributed by atoms with Crippen molar-refractivity contribution >= 4 is 45.5 Å². The SMILES string of the molecule is Cc1csc(N2CCCN(C(=O)Nc3ccc(N4CCCC4)c(Cl)c3)CC2)n1. The molecule has 1 N–H and O–H groups in total. The molecular weight excluding hydrogens is 394 g/mol. The number of carbonyl (C=O) groups is 1. The van der Waals surface area contributed by atoms with E-state index in [1.54, 1.807) is 11.3 Å². The summed E-state index contributed by atoms with van der Waals surface area (Å²) in [5.41, 5.74) is 2.85. The molecule has 2 aliphatic rings. The van der Waals surface area contributed by atoms with Gasteiger partial charge in [-0.3, -0.25) is 0 Å². The lowest BCUT2D eigenvalue weighted by Gasteiger charge is -2.23. The average Bonchev–Trinajstić information content (AvgIpc) is 3.29. The quantitative estimate of drug-likeness (QED) is 0.798. The molecule has 0 spiro atoms. The molecule has 150 valence electrons. The molecule has 1 aromatic heterocycles. The Bertz CT molecular complexity index is 836. The first-order valence-corrected chi connectivity index (χ1v) is 11.1. The van der Waals surface area contributed by atoms with Crippen molar-refractivity contribution in [1.82, 2.24) is 9.88 Å². The Morgan fingerprint density at radius 2 is 1.86 bits per heavy atom. The lowest BCUT2D eigenvalue weighted by molar-refractivity contribution is 0.215. The standard InChI is InChI=1S/C20H26ClN5OS/c1-15-14-28-20(22-15)26-10-4-9-25(11-12-26)19(27)23-16-5-6-18(17(21)13-16)24-7-2-3-8-24/h5-6,13-14H,2-4,7-12H2,1H3,(H,23,27). The molecule has 0 saturated carbocycles. The number of halogens is 1. The van der Waals surface area contributed by atoms with E-state index in [1.165, 1.54) is 12.8 Å². The molecular formula is C20H26ClN5OS. The Kier molecular flexibility index (Phi) is 5.92. The highest BCUT2D eigenvalue weighted by atomic mass is 35.5. The number of amides is 2. The Morgan fingerprint density at radius 1 is 1.07 bits per heavy atom. The van der Waals surface area contributed by atoms with E-state index in [1.807, 2.05) is 30.0 Å². The summed E-state index contributed by atoms with van der Waals surface area (Å²) in [6, 6.07) is 5.75. The number of thiazole rings is 1. The topological polar surface area (TPSA) is 51.7 Å². The summed E-state index contributed by atoms with van der Waals surface area (Å²) >= 11 is 8.14. The first-order valence-electron chi connectivity index (χ1n) is 9.88. The third-order valence-electron chi connectivity index (χ3n) is 5.31. The van der Waals surface area contributed by atoms with Gasteiger partial charge in [0.1, 0.15) is 0 Å². The zero-order valence-electron chi connectivity index (χ0n) is 16.2. The number of urea groups is 1.